The summed E-state index contributed by atoms with van der Waals surface area (Å²) in [6.45, 7) is 0. The molecule has 0 N–H and O–H groups in total. The van der Waals surface area contributed by atoms with Crippen molar-refractivity contribution in [2.75, 3.05) is 28.4 Å². The van der Waals surface area contributed by atoms with Crippen LogP contribution in [0.2, 0.25) is 0 Å². The Kier molecular flexibility index (Phi) is 5.84. The van der Waals surface area contributed by atoms with Gasteiger partial charge in [-0.1, -0.05) is 12.1 Å². The Bertz CT molecular complexity index is 749. The van der Waals surface area contributed by atoms with E-state index in [1.54, 1.807) is 51.7 Å². The molecule has 0 bridgehead atoms. The molecule has 0 aliphatic rings. The number of allylic oxidation sites excluding steroid dienone is 1. The Balaban J connectivity index is 2.32. The molecule has 2 aromatic rings. The molecular weight excluding hydrogens is 308 g/mol. The molecule has 24 heavy (non-hydrogen) atoms. The van der Waals surface area contributed by atoms with Gasteiger partial charge in [0.15, 0.2) is 17.3 Å². The summed E-state index contributed by atoms with van der Waals surface area (Å²) in [5.74, 6) is 2.09. The van der Waals surface area contributed by atoms with Crippen LogP contribution in [-0.2, 0) is 0 Å². The second-order valence-corrected chi connectivity index (χ2v) is 4.85. The van der Waals surface area contributed by atoms with Crippen molar-refractivity contribution in [2.45, 2.75) is 0 Å². The highest BCUT2D eigenvalue weighted by Gasteiger charge is 2.12. The zero-order chi connectivity index (χ0) is 17.5. The van der Waals surface area contributed by atoms with Crippen molar-refractivity contribution in [3.63, 3.8) is 0 Å². The fraction of sp³-hybridized carbons (Fsp3) is 0.211. The molecule has 5 heteroatoms. The summed E-state index contributed by atoms with van der Waals surface area (Å²) in [5, 5.41) is 0. The first-order valence-corrected chi connectivity index (χ1v) is 7.30. The molecule has 0 unspecified atom stereocenters. The van der Waals surface area contributed by atoms with Gasteiger partial charge in [-0.05, 0) is 30.4 Å². The molecule has 126 valence electrons. The van der Waals surface area contributed by atoms with Gasteiger partial charge in [0.25, 0.3) is 0 Å². The van der Waals surface area contributed by atoms with Crippen molar-refractivity contribution in [2.24, 2.45) is 0 Å². The second kappa shape index (κ2) is 8.06. The maximum atomic E-state index is 12.5. The van der Waals surface area contributed by atoms with Crippen LogP contribution in [0.1, 0.15) is 15.9 Å². The zero-order valence-corrected chi connectivity index (χ0v) is 14.2. The van der Waals surface area contributed by atoms with E-state index in [-0.39, 0.29) is 5.78 Å². The molecule has 0 aliphatic heterocycles. The van der Waals surface area contributed by atoms with Gasteiger partial charge in [0.05, 0.1) is 34.0 Å². The van der Waals surface area contributed by atoms with E-state index in [1.807, 2.05) is 12.1 Å². The molecule has 0 heterocycles. The number of ketones is 1. The van der Waals surface area contributed by atoms with E-state index in [0.29, 0.717) is 28.6 Å². The van der Waals surface area contributed by atoms with E-state index in [9.17, 15) is 4.79 Å². The molecule has 0 saturated carbocycles. The summed E-state index contributed by atoms with van der Waals surface area (Å²) in [4.78, 5) is 12.5. The quantitative estimate of drug-likeness (QED) is 0.574. The van der Waals surface area contributed by atoms with Gasteiger partial charge in [0.2, 0.25) is 0 Å². The summed E-state index contributed by atoms with van der Waals surface area (Å²) < 4.78 is 21.0. The zero-order valence-electron chi connectivity index (χ0n) is 14.2. The molecule has 0 aromatic heterocycles. The summed E-state index contributed by atoms with van der Waals surface area (Å²) in [6, 6.07) is 10.5. The van der Waals surface area contributed by atoms with Crippen LogP contribution >= 0.6 is 0 Å². The highest BCUT2D eigenvalue weighted by molar-refractivity contribution is 6.08. The lowest BCUT2D eigenvalue weighted by Gasteiger charge is -2.10. The number of ether oxygens (including phenoxy) is 4. The largest absolute Gasteiger partial charge is 0.497 e. The van der Waals surface area contributed by atoms with Gasteiger partial charge < -0.3 is 18.9 Å². The van der Waals surface area contributed by atoms with E-state index in [0.717, 1.165) is 5.56 Å². The van der Waals surface area contributed by atoms with Gasteiger partial charge in [0.1, 0.15) is 11.5 Å². The minimum absolute atomic E-state index is 0.181. The molecule has 0 atom stereocenters. The minimum atomic E-state index is -0.181. The number of carbonyl (C=O) groups is 1. The number of rotatable bonds is 7. The van der Waals surface area contributed by atoms with Gasteiger partial charge in [-0.2, -0.15) is 0 Å². The van der Waals surface area contributed by atoms with Crippen LogP contribution in [0, 0.1) is 0 Å². The molecule has 0 saturated heterocycles. The average molecular weight is 328 g/mol. The van der Waals surface area contributed by atoms with Crippen LogP contribution in [0.4, 0.5) is 0 Å². The lowest BCUT2D eigenvalue weighted by molar-refractivity contribution is 0.104. The van der Waals surface area contributed by atoms with Gasteiger partial charge in [-0.15, -0.1) is 0 Å². The Morgan fingerprint density at radius 3 is 2.25 bits per heavy atom. The Hall–Kier alpha value is -2.95. The number of methoxy groups -OCH3 is 4. The maximum absolute atomic E-state index is 12.5. The topological polar surface area (TPSA) is 54.0 Å². The van der Waals surface area contributed by atoms with Crippen molar-refractivity contribution in [3.05, 3.63) is 53.6 Å². The first-order chi connectivity index (χ1) is 11.6. The maximum Gasteiger partial charge on any atom is 0.189 e. The Morgan fingerprint density at radius 1 is 0.875 bits per heavy atom. The number of para-hydroxylation sites is 1. The lowest BCUT2D eigenvalue weighted by Crippen LogP contribution is -2.00. The van der Waals surface area contributed by atoms with Crippen LogP contribution in [0.15, 0.2) is 42.5 Å². The van der Waals surface area contributed by atoms with E-state index in [4.69, 9.17) is 18.9 Å². The molecule has 0 radical (unpaired) electrons. The first-order valence-electron chi connectivity index (χ1n) is 7.30. The van der Waals surface area contributed by atoms with Crippen LogP contribution in [0.3, 0.4) is 0 Å². The molecule has 2 aromatic carbocycles. The van der Waals surface area contributed by atoms with Crippen molar-refractivity contribution in [3.8, 4) is 23.0 Å². The van der Waals surface area contributed by atoms with E-state index >= 15 is 0 Å². The molecule has 5 nitrogen and oxygen atoms in total. The van der Waals surface area contributed by atoms with Gasteiger partial charge >= 0.3 is 0 Å². The van der Waals surface area contributed by atoms with Crippen molar-refractivity contribution in [1.29, 1.82) is 0 Å². The summed E-state index contributed by atoms with van der Waals surface area (Å²) in [6.07, 6.45) is 3.16. The highest BCUT2D eigenvalue weighted by atomic mass is 16.5. The first kappa shape index (κ1) is 17.4. The summed E-state index contributed by atoms with van der Waals surface area (Å²) in [7, 11) is 6.20. The van der Waals surface area contributed by atoms with Gasteiger partial charge in [-0.25, -0.2) is 0 Å². The highest BCUT2D eigenvalue weighted by Crippen LogP contribution is 2.32. The van der Waals surface area contributed by atoms with Gasteiger partial charge in [-0.3, -0.25) is 4.79 Å². The fourth-order valence-electron chi connectivity index (χ4n) is 2.30. The SMILES string of the molecule is COc1ccc(C(=O)/C=C/c2cccc(OC)c2OC)c(OC)c1. The van der Waals surface area contributed by atoms with E-state index in [1.165, 1.54) is 13.2 Å². The molecule has 0 amide bonds. The predicted octanol–water partition coefficient (Wildman–Crippen LogP) is 3.62. The van der Waals surface area contributed by atoms with Crippen LogP contribution in [0.5, 0.6) is 23.0 Å². The number of hydrogen-bond donors (Lipinski definition) is 0. The molecular formula is C19H20O5. The molecule has 2 rings (SSSR count). The summed E-state index contributed by atoms with van der Waals surface area (Å²) >= 11 is 0. The third-order valence-corrected chi connectivity index (χ3v) is 3.52. The second-order valence-electron chi connectivity index (χ2n) is 4.85. The standard InChI is InChI=1S/C19H20O5/c1-21-14-9-10-15(18(12-14)23-3)16(20)11-8-13-6-5-7-17(22-2)19(13)24-4/h5-12H,1-4H3/b11-8+. The normalized spacial score (nSPS) is 10.5. The van der Waals surface area contributed by atoms with Crippen molar-refractivity contribution in [1.82, 2.24) is 0 Å². The van der Waals surface area contributed by atoms with E-state index in [2.05, 4.69) is 0 Å². The number of carbonyl (C=O) groups excluding carboxylic acids is 1. The Labute approximate surface area is 141 Å². The minimum Gasteiger partial charge on any atom is -0.497 e. The van der Waals surface area contributed by atoms with Crippen LogP contribution in [0.25, 0.3) is 6.08 Å². The summed E-state index contributed by atoms with van der Waals surface area (Å²) in [5.41, 5.74) is 1.20. The monoisotopic (exact) mass is 328 g/mol. The van der Waals surface area contributed by atoms with Gasteiger partial charge in [0, 0.05) is 11.6 Å². The smallest absolute Gasteiger partial charge is 0.189 e. The fourth-order valence-corrected chi connectivity index (χ4v) is 2.30. The molecule has 0 spiro atoms. The number of hydrogen-bond acceptors (Lipinski definition) is 5. The van der Waals surface area contributed by atoms with Crippen molar-refractivity contribution >= 4 is 11.9 Å². The third kappa shape index (κ3) is 3.68. The van der Waals surface area contributed by atoms with Crippen LogP contribution < -0.4 is 18.9 Å². The van der Waals surface area contributed by atoms with Crippen molar-refractivity contribution < 1.29 is 23.7 Å². The third-order valence-electron chi connectivity index (χ3n) is 3.52. The molecule has 0 aliphatic carbocycles. The predicted molar refractivity (Wildman–Crippen MR) is 92.5 cm³/mol. The van der Waals surface area contributed by atoms with E-state index < -0.39 is 0 Å². The Morgan fingerprint density at radius 2 is 1.62 bits per heavy atom. The van der Waals surface area contributed by atoms with Crippen LogP contribution in [-0.4, -0.2) is 34.2 Å². The number of benzene rings is 2. The molecule has 0 fully saturated rings. The average Bonchev–Trinajstić information content (AvgIpc) is 2.64. The lowest BCUT2D eigenvalue weighted by atomic mass is 10.1.